The van der Waals surface area contributed by atoms with Crippen LogP contribution in [0.1, 0.15) is 33.1 Å². The molecule has 2 atom stereocenters. The van der Waals surface area contributed by atoms with Crippen LogP contribution in [-0.2, 0) is 0 Å². The maximum atomic E-state index is 9.27. The third-order valence-electron chi connectivity index (χ3n) is 2.87. The van der Waals surface area contributed by atoms with Crippen LogP contribution in [0.25, 0.3) is 0 Å². The Bertz CT molecular complexity index is 136. The molecule has 0 unspecified atom stereocenters. The second-order valence-electron chi connectivity index (χ2n) is 4.08. The topological polar surface area (TPSA) is 23.5 Å². The highest BCUT2D eigenvalue weighted by Crippen LogP contribution is 2.31. The van der Waals surface area contributed by atoms with Crippen molar-refractivity contribution in [3.05, 3.63) is 0 Å². The Balaban J connectivity index is 2.51. The lowest BCUT2D eigenvalue weighted by Gasteiger charge is -2.33. The quantitative estimate of drug-likeness (QED) is 0.652. The minimum atomic E-state index is -0.166. The Morgan fingerprint density at radius 1 is 1.64 bits per heavy atom. The lowest BCUT2D eigenvalue weighted by Crippen LogP contribution is -2.40. The molecule has 1 fully saturated rings. The Hall–Kier alpha value is -0.0800. The average Bonchev–Trinajstić information content (AvgIpc) is 2.11. The first-order valence-electron chi connectivity index (χ1n) is 4.44. The van der Waals surface area contributed by atoms with E-state index in [0.29, 0.717) is 0 Å². The number of hydrogen-bond donors (Lipinski definition) is 1. The predicted octanol–water partition coefficient (Wildman–Crippen LogP) is 1.24. The zero-order valence-corrected chi connectivity index (χ0v) is 7.80. The van der Waals surface area contributed by atoms with E-state index in [9.17, 15) is 5.11 Å². The summed E-state index contributed by atoms with van der Waals surface area (Å²) in [7, 11) is 2.15. The van der Waals surface area contributed by atoms with E-state index in [4.69, 9.17) is 0 Å². The van der Waals surface area contributed by atoms with Gasteiger partial charge in [0.1, 0.15) is 0 Å². The van der Waals surface area contributed by atoms with Gasteiger partial charge >= 0.3 is 0 Å². The maximum Gasteiger partial charge on any atom is 0.0529 e. The van der Waals surface area contributed by atoms with Crippen molar-refractivity contribution in [1.29, 1.82) is 0 Å². The first kappa shape index (κ1) is 9.01. The second-order valence-corrected chi connectivity index (χ2v) is 4.08. The molecule has 1 N–H and O–H groups in total. The average molecular weight is 157 g/mol. The van der Waals surface area contributed by atoms with Crippen LogP contribution in [0.2, 0.25) is 0 Å². The molecule has 0 spiro atoms. The molecule has 0 bridgehead atoms. The highest BCUT2D eigenvalue weighted by Gasteiger charge is 2.34. The van der Waals surface area contributed by atoms with Crippen molar-refractivity contribution in [3.63, 3.8) is 0 Å². The lowest BCUT2D eigenvalue weighted by molar-refractivity contribution is 0.0935. The third-order valence-corrected chi connectivity index (χ3v) is 2.87. The summed E-state index contributed by atoms with van der Waals surface area (Å²) in [5.74, 6) is 0. The van der Waals surface area contributed by atoms with Crippen LogP contribution in [0.3, 0.4) is 0 Å². The summed E-state index contributed by atoms with van der Waals surface area (Å²) in [5, 5.41) is 9.27. The fraction of sp³-hybridized carbons (Fsp3) is 1.00. The minimum absolute atomic E-state index is 0.166. The molecule has 0 aliphatic carbocycles. The van der Waals surface area contributed by atoms with E-state index in [1.165, 1.54) is 19.4 Å². The summed E-state index contributed by atoms with van der Waals surface area (Å²) >= 11 is 0. The monoisotopic (exact) mass is 157 g/mol. The van der Waals surface area contributed by atoms with E-state index in [1.807, 2.05) is 6.92 Å². The Morgan fingerprint density at radius 2 is 2.27 bits per heavy atom. The van der Waals surface area contributed by atoms with Gasteiger partial charge in [-0.2, -0.15) is 0 Å². The van der Waals surface area contributed by atoms with Crippen molar-refractivity contribution in [2.24, 2.45) is 0 Å². The molecule has 2 nitrogen and oxygen atoms in total. The van der Waals surface area contributed by atoms with Gasteiger partial charge in [0.2, 0.25) is 0 Å². The van der Waals surface area contributed by atoms with Crippen LogP contribution in [0.5, 0.6) is 0 Å². The normalized spacial score (nSPS) is 36.0. The van der Waals surface area contributed by atoms with Crippen LogP contribution in [0, 0.1) is 0 Å². The summed E-state index contributed by atoms with van der Waals surface area (Å²) in [4.78, 5) is 2.36. The first-order chi connectivity index (χ1) is 5.04. The highest BCUT2D eigenvalue weighted by atomic mass is 16.3. The molecule has 11 heavy (non-hydrogen) atoms. The van der Waals surface area contributed by atoms with E-state index < -0.39 is 0 Å². The van der Waals surface area contributed by atoms with E-state index in [1.54, 1.807) is 0 Å². The zero-order chi connectivity index (χ0) is 8.48. The van der Waals surface area contributed by atoms with Gasteiger partial charge < -0.3 is 10.0 Å². The van der Waals surface area contributed by atoms with Gasteiger partial charge in [0, 0.05) is 5.54 Å². The van der Waals surface area contributed by atoms with E-state index in [0.717, 1.165) is 6.42 Å². The van der Waals surface area contributed by atoms with Crippen LogP contribution < -0.4 is 0 Å². The van der Waals surface area contributed by atoms with Gasteiger partial charge in [0.25, 0.3) is 0 Å². The van der Waals surface area contributed by atoms with Gasteiger partial charge in [-0.1, -0.05) is 0 Å². The van der Waals surface area contributed by atoms with E-state index in [-0.39, 0.29) is 11.6 Å². The van der Waals surface area contributed by atoms with Gasteiger partial charge in [0.15, 0.2) is 0 Å². The molecule has 1 saturated heterocycles. The van der Waals surface area contributed by atoms with Gasteiger partial charge in [-0.3, -0.25) is 0 Å². The summed E-state index contributed by atoms with van der Waals surface area (Å²) in [6, 6.07) is 0. The molecule has 66 valence electrons. The fourth-order valence-corrected chi connectivity index (χ4v) is 2.05. The van der Waals surface area contributed by atoms with Gasteiger partial charge in [0.05, 0.1) is 6.10 Å². The first-order valence-corrected chi connectivity index (χ1v) is 4.44. The Morgan fingerprint density at radius 3 is 2.64 bits per heavy atom. The lowest BCUT2D eigenvalue weighted by atomic mass is 9.92. The molecule has 1 aliphatic rings. The van der Waals surface area contributed by atoms with Crippen LogP contribution in [0.15, 0.2) is 0 Å². The van der Waals surface area contributed by atoms with Crippen LogP contribution in [-0.4, -0.2) is 35.2 Å². The SMILES string of the molecule is C[C@H](O)C[C@@]1(C)CCCN1C. The smallest absolute Gasteiger partial charge is 0.0529 e. The fourth-order valence-electron chi connectivity index (χ4n) is 2.05. The summed E-state index contributed by atoms with van der Waals surface area (Å²) in [6.45, 7) is 5.30. The molecule has 0 aromatic carbocycles. The maximum absolute atomic E-state index is 9.27. The van der Waals surface area contributed by atoms with Crippen LogP contribution >= 0.6 is 0 Å². The number of likely N-dealkylation sites (tertiary alicyclic amines) is 1. The summed E-state index contributed by atoms with van der Waals surface area (Å²) < 4.78 is 0. The molecule has 1 rings (SSSR count). The molecule has 1 heterocycles. The van der Waals surface area contributed by atoms with Crippen molar-refractivity contribution in [2.75, 3.05) is 13.6 Å². The molecular formula is C9H19NO. The van der Waals surface area contributed by atoms with Gasteiger partial charge in [-0.15, -0.1) is 0 Å². The van der Waals surface area contributed by atoms with Crippen LogP contribution in [0.4, 0.5) is 0 Å². The van der Waals surface area contributed by atoms with Crippen molar-refractivity contribution in [3.8, 4) is 0 Å². The number of nitrogens with zero attached hydrogens (tertiary/aromatic N) is 1. The summed E-state index contributed by atoms with van der Waals surface area (Å²) in [5.41, 5.74) is 0.258. The molecule has 0 saturated carbocycles. The van der Waals surface area contributed by atoms with Crippen molar-refractivity contribution in [2.45, 2.75) is 44.8 Å². The third kappa shape index (κ3) is 1.94. The number of rotatable bonds is 2. The molecule has 0 amide bonds. The molecule has 2 heteroatoms. The summed E-state index contributed by atoms with van der Waals surface area (Å²) in [6.07, 6.45) is 3.25. The number of aliphatic hydroxyl groups excluding tert-OH is 1. The highest BCUT2D eigenvalue weighted by molar-refractivity contribution is 4.90. The molecule has 1 aliphatic heterocycles. The molecule has 0 aromatic heterocycles. The predicted molar refractivity (Wildman–Crippen MR) is 46.6 cm³/mol. The number of hydrogen-bond acceptors (Lipinski definition) is 2. The molecular weight excluding hydrogens is 138 g/mol. The van der Waals surface area contributed by atoms with E-state index >= 15 is 0 Å². The van der Waals surface area contributed by atoms with E-state index in [2.05, 4.69) is 18.9 Å². The minimum Gasteiger partial charge on any atom is -0.393 e. The Labute approximate surface area is 69.2 Å². The molecule has 0 aromatic rings. The number of aliphatic hydroxyl groups is 1. The van der Waals surface area contributed by atoms with Gasteiger partial charge in [-0.25, -0.2) is 0 Å². The van der Waals surface area contributed by atoms with Crippen molar-refractivity contribution < 1.29 is 5.11 Å². The van der Waals surface area contributed by atoms with Crippen molar-refractivity contribution >= 4 is 0 Å². The van der Waals surface area contributed by atoms with Gasteiger partial charge in [-0.05, 0) is 46.7 Å². The second kappa shape index (κ2) is 3.11. The Kier molecular flexibility index (Phi) is 2.55. The van der Waals surface area contributed by atoms with Crippen molar-refractivity contribution in [1.82, 2.24) is 4.90 Å². The molecule has 0 radical (unpaired) electrons. The largest absolute Gasteiger partial charge is 0.393 e. The standard InChI is InChI=1S/C9H19NO/c1-8(11)7-9(2)5-4-6-10(9)3/h8,11H,4-7H2,1-3H3/t8-,9+/m0/s1. The zero-order valence-electron chi connectivity index (χ0n) is 7.80.